The van der Waals surface area contributed by atoms with E-state index in [1.165, 1.54) is 6.08 Å². The average molecular weight is 444 g/mol. The molecule has 0 spiro atoms. The van der Waals surface area contributed by atoms with Gasteiger partial charge in [0.1, 0.15) is 30.5 Å². The Labute approximate surface area is 180 Å². The van der Waals surface area contributed by atoms with Crippen LogP contribution in [-0.2, 0) is 19.0 Å². The van der Waals surface area contributed by atoms with E-state index in [4.69, 9.17) is 14.2 Å². The minimum absolute atomic E-state index is 0.0105. The number of carbonyl (C=O) groups is 1. The van der Waals surface area contributed by atoms with Crippen LogP contribution >= 0.6 is 0 Å². The first-order valence-corrected chi connectivity index (χ1v) is 10.8. The topological polar surface area (TPSA) is 166 Å². The van der Waals surface area contributed by atoms with Gasteiger partial charge in [-0.05, 0) is 18.4 Å². The molecule has 12 unspecified atom stereocenters. The van der Waals surface area contributed by atoms with Crippen molar-refractivity contribution >= 4 is 5.97 Å². The molecule has 2 heterocycles. The second kappa shape index (κ2) is 8.35. The third-order valence-corrected chi connectivity index (χ3v) is 7.79. The van der Waals surface area contributed by atoms with Gasteiger partial charge in [-0.25, -0.2) is 0 Å². The fourth-order valence-electron chi connectivity index (χ4n) is 5.82. The van der Waals surface area contributed by atoms with Crippen LogP contribution in [0.15, 0.2) is 11.6 Å². The molecule has 4 aliphatic rings. The van der Waals surface area contributed by atoms with Gasteiger partial charge in [0.25, 0.3) is 0 Å². The molecule has 10 heteroatoms. The molecule has 31 heavy (non-hydrogen) atoms. The van der Waals surface area contributed by atoms with Gasteiger partial charge in [0.15, 0.2) is 6.29 Å². The number of fused-ring (bicyclic) bond motifs is 3. The minimum Gasteiger partial charge on any atom is -0.461 e. The SMILES string of the molecule is CC1C(=O)OC2C1CCC1(C)C(O)C(O)C=C(COC3OC(CO)C(O)C(O)C3O)C21. The number of ether oxygens (including phenoxy) is 3. The van der Waals surface area contributed by atoms with Gasteiger partial charge < -0.3 is 44.8 Å². The second-order valence-corrected chi connectivity index (χ2v) is 9.56. The Bertz CT molecular complexity index is 725. The molecule has 4 rings (SSSR count). The smallest absolute Gasteiger partial charge is 0.309 e. The standard InChI is InChI=1S/C21H32O10/c1-8-10-3-4-21(2)13(17(10)31-19(8)28)9(5-11(23)18(21)27)7-29-20-16(26)15(25)14(24)12(6-22)30-20/h5,8,10-18,20,22-27H,3-4,6-7H2,1-2H3. The number of hydrogen-bond donors (Lipinski definition) is 6. The Balaban J connectivity index is 1.57. The monoisotopic (exact) mass is 444 g/mol. The molecule has 1 saturated carbocycles. The lowest BCUT2D eigenvalue weighted by Gasteiger charge is -2.53. The first-order valence-electron chi connectivity index (χ1n) is 10.8. The summed E-state index contributed by atoms with van der Waals surface area (Å²) >= 11 is 0. The van der Waals surface area contributed by atoms with Crippen LogP contribution in [0.4, 0.5) is 0 Å². The van der Waals surface area contributed by atoms with Gasteiger partial charge in [0, 0.05) is 17.3 Å². The summed E-state index contributed by atoms with van der Waals surface area (Å²) in [5.74, 6) is -0.952. The van der Waals surface area contributed by atoms with Crippen LogP contribution in [0.5, 0.6) is 0 Å². The second-order valence-electron chi connectivity index (χ2n) is 9.56. The normalized spacial score (nSPS) is 52.2. The van der Waals surface area contributed by atoms with Crippen LogP contribution in [-0.4, -0.2) is 98.8 Å². The van der Waals surface area contributed by atoms with Crippen LogP contribution in [0, 0.1) is 23.2 Å². The summed E-state index contributed by atoms with van der Waals surface area (Å²) in [6, 6.07) is 0. The Morgan fingerprint density at radius 2 is 1.87 bits per heavy atom. The van der Waals surface area contributed by atoms with E-state index in [0.29, 0.717) is 18.4 Å². The number of hydrogen-bond acceptors (Lipinski definition) is 10. The molecule has 0 amide bonds. The van der Waals surface area contributed by atoms with Crippen molar-refractivity contribution in [1.29, 1.82) is 0 Å². The lowest BCUT2D eigenvalue weighted by molar-refractivity contribution is -0.299. The molecular weight excluding hydrogens is 412 g/mol. The highest BCUT2D eigenvalue weighted by Gasteiger charge is 2.60. The first kappa shape index (κ1) is 23.1. The van der Waals surface area contributed by atoms with Crippen molar-refractivity contribution in [1.82, 2.24) is 0 Å². The van der Waals surface area contributed by atoms with E-state index < -0.39 is 67.0 Å². The lowest BCUT2D eigenvalue weighted by atomic mass is 9.54. The molecular formula is C21H32O10. The summed E-state index contributed by atoms with van der Waals surface area (Å²) < 4.78 is 16.8. The van der Waals surface area contributed by atoms with E-state index in [2.05, 4.69) is 0 Å². The molecule has 2 aliphatic heterocycles. The van der Waals surface area contributed by atoms with E-state index in [-0.39, 0.29) is 24.4 Å². The molecule has 0 bridgehead atoms. The van der Waals surface area contributed by atoms with Crippen LogP contribution in [0.1, 0.15) is 26.7 Å². The highest BCUT2D eigenvalue weighted by molar-refractivity contribution is 5.75. The van der Waals surface area contributed by atoms with Gasteiger partial charge in [-0.2, -0.15) is 0 Å². The molecule has 6 N–H and O–H groups in total. The van der Waals surface area contributed by atoms with Gasteiger partial charge in [-0.15, -0.1) is 0 Å². The predicted molar refractivity (Wildman–Crippen MR) is 103 cm³/mol. The minimum atomic E-state index is -1.57. The summed E-state index contributed by atoms with van der Waals surface area (Å²) in [7, 11) is 0. The summed E-state index contributed by atoms with van der Waals surface area (Å²) in [6.07, 6.45) is -6.90. The fourth-order valence-corrected chi connectivity index (χ4v) is 5.82. The van der Waals surface area contributed by atoms with E-state index in [1.54, 1.807) is 0 Å². The third-order valence-electron chi connectivity index (χ3n) is 7.79. The van der Waals surface area contributed by atoms with E-state index in [9.17, 15) is 35.4 Å². The van der Waals surface area contributed by atoms with E-state index in [0.717, 1.165) is 0 Å². The average Bonchev–Trinajstić information content (AvgIpc) is 3.02. The molecule has 0 radical (unpaired) electrons. The van der Waals surface area contributed by atoms with Crippen molar-refractivity contribution in [3.8, 4) is 0 Å². The maximum absolute atomic E-state index is 12.2. The number of carbonyl (C=O) groups excluding carboxylic acids is 1. The van der Waals surface area contributed by atoms with Crippen molar-refractivity contribution in [2.24, 2.45) is 23.2 Å². The fraction of sp³-hybridized carbons (Fsp3) is 0.857. The van der Waals surface area contributed by atoms with Crippen LogP contribution in [0.25, 0.3) is 0 Å². The number of aliphatic hydroxyl groups is 6. The van der Waals surface area contributed by atoms with Crippen molar-refractivity contribution < 1.29 is 49.6 Å². The number of rotatable bonds is 4. The van der Waals surface area contributed by atoms with Crippen molar-refractivity contribution in [2.75, 3.05) is 13.2 Å². The lowest BCUT2D eigenvalue weighted by Crippen LogP contribution is -2.60. The largest absolute Gasteiger partial charge is 0.461 e. The Kier molecular flexibility index (Phi) is 6.21. The number of aliphatic hydroxyl groups excluding tert-OH is 6. The Morgan fingerprint density at radius 1 is 1.16 bits per heavy atom. The van der Waals surface area contributed by atoms with Gasteiger partial charge in [0.2, 0.25) is 0 Å². The zero-order valence-corrected chi connectivity index (χ0v) is 17.6. The van der Waals surface area contributed by atoms with Gasteiger partial charge in [-0.3, -0.25) is 4.79 Å². The zero-order chi connectivity index (χ0) is 22.7. The molecule has 0 aromatic carbocycles. The highest BCUT2D eigenvalue weighted by atomic mass is 16.7. The maximum Gasteiger partial charge on any atom is 0.309 e. The van der Waals surface area contributed by atoms with Crippen LogP contribution in [0.2, 0.25) is 0 Å². The molecule has 12 atom stereocenters. The van der Waals surface area contributed by atoms with Gasteiger partial charge >= 0.3 is 5.97 Å². The molecule has 2 saturated heterocycles. The van der Waals surface area contributed by atoms with Crippen molar-refractivity contribution in [2.45, 2.75) is 75.7 Å². The molecule has 3 fully saturated rings. The summed E-state index contributed by atoms with van der Waals surface area (Å²) in [5, 5.41) is 60.7. The van der Waals surface area contributed by atoms with Crippen molar-refractivity contribution in [3.63, 3.8) is 0 Å². The maximum atomic E-state index is 12.2. The van der Waals surface area contributed by atoms with Crippen LogP contribution in [0.3, 0.4) is 0 Å². The summed E-state index contributed by atoms with van der Waals surface area (Å²) in [4.78, 5) is 12.2. The number of esters is 1. The molecule has 10 nitrogen and oxygen atoms in total. The van der Waals surface area contributed by atoms with E-state index >= 15 is 0 Å². The first-order chi connectivity index (χ1) is 14.6. The van der Waals surface area contributed by atoms with Crippen LogP contribution < -0.4 is 0 Å². The zero-order valence-electron chi connectivity index (χ0n) is 17.6. The predicted octanol–water partition coefficient (Wildman–Crippen LogP) is -1.94. The Morgan fingerprint density at radius 3 is 2.55 bits per heavy atom. The molecule has 176 valence electrons. The highest BCUT2D eigenvalue weighted by Crippen LogP contribution is 2.56. The van der Waals surface area contributed by atoms with Crippen molar-refractivity contribution in [3.05, 3.63) is 11.6 Å². The summed E-state index contributed by atoms with van der Waals surface area (Å²) in [6.45, 7) is 3.00. The Hall–Kier alpha value is -1.11. The molecule has 0 aromatic heterocycles. The van der Waals surface area contributed by atoms with E-state index in [1.807, 2.05) is 13.8 Å². The van der Waals surface area contributed by atoms with Gasteiger partial charge in [0.05, 0.1) is 31.3 Å². The quantitative estimate of drug-likeness (QED) is 0.212. The molecule has 2 aliphatic carbocycles. The van der Waals surface area contributed by atoms with Gasteiger partial charge in [-0.1, -0.05) is 19.9 Å². The third kappa shape index (κ3) is 3.63. The molecule has 0 aromatic rings. The summed E-state index contributed by atoms with van der Waals surface area (Å²) in [5.41, 5.74) is -0.137.